The van der Waals surface area contributed by atoms with Crippen LogP contribution in [0.2, 0.25) is 0 Å². The van der Waals surface area contributed by atoms with Gasteiger partial charge in [0, 0.05) is 70.4 Å². The molecule has 0 saturated carbocycles. The van der Waals surface area contributed by atoms with Crippen molar-refractivity contribution in [2.24, 2.45) is 46.6 Å². The number of hydrogen-bond acceptors (Lipinski definition) is 19. The van der Waals surface area contributed by atoms with Crippen LogP contribution < -0.4 is 0 Å². The molecule has 0 aromatic heterocycles. The van der Waals surface area contributed by atoms with Gasteiger partial charge in [0.25, 0.3) is 0 Å². The van der Waals surface area contributed by atoms with Gasteiger partial charge in [-0.2, -0.15) is 0 Å². The summed E-state index contributed by atoms with van der Waals surface area (Å²) in [7, 11) is 4.32. The van der Waals surface area contributed by atoms with Gasteiger partial charge in [-0.05, 0) is 65.4 Å². The summed E-state index contributed by atoms with van der Waals surface area (Å²) in [5, 5.41) is 39.1. The van der Waals surface area contributed by atoms with Crippen LogP contribution in [-0.2, 0) is 73.1 Å². The van der Waals surface area contributed by atoms with Gasteiger partial charge in [-0.15, -0.1) is 0 Å². The summed E-state index contributed by atoms with van der Waals surface area (Å²) in [6, 6.07) is 10.2. The second-order valence-corrected chi connectivity index (χ2v) is 22.8. The second-order valence-electron chi connectivity index (χ2n) is 22.8. The highest BCUT2D eigenvalue weighted by Crippen LogP contribution is 2.39. The molecule has 4 aliphatic heterocycles. The molecule has 19 nitrogen and oxygen atoms in total. The zero-order valence-electron chi connectivity index (χ0n) is 47.5. The molecule has 428 valence electrons. The van der Waals surface area contributed by atoms with E-state index in [0.29, 0.717) is 25.2 Å². The van der Waals surface area contributed by atoms with Gasteiger partial charge in [0.05, 0.1) is 54.7 Å². The molecule has 4 heterocycles. The van der Waals surface area contributed by atoms with Crippen LogP contribution in [0.5, 0.6) is 0 Å². The first-order valence-electron chi connectivity index (χ1n) is 27.2. The topological polar surface area (TPSA) is 229 Å². The first-order chi connectivity index (χ1) is 35.3. The minimum absolute atomic E-state index is 0.0197. The van der Waals surface area contributed by atoms with E-state index in [9.17, 15) is 24.9 Å². The molecule has 19 heteroatoms. The summed E-state index contributed by atoms with van der Waals surface area (Å²) in [6.45, 7) is 24.7. The third-order valence-corrected chi connectivity index (χ3v) is 15.7. The third-order valence-electron chi connectivity index (χ3n) is 15.7. The van der Waals surface area contributed by atoms with Crippen LogP contribution in [0.4, 0.5) is 0 Å². The summed E-state index contributed by atoms with van der Waals surface area (Å²) in [6.07, 6.45) is -12.1. The van der Waals surface area contributed by atoms with Gasteiger partial charge in [0.1, 0.15) is 49.3 Å². The van der Waals surface area contributed by atoms with Crippen molar-refractivity contribution >= 4 is 23.4 Å². The van der Waals surface area contributed by atoms with Crippen LogP contribution in [0, 0.1) is 41.4 Å². The molecule has 5 rings (SSSR count). The minimum atomic E-state index is -2.03. The number of aliphatic hydroxyl groups excluding tert-OH is 2. The quantitative estimate of drug-likeness (QED) is 0.130. The number of rotatable bonds is 16. The lowest BCUT2D eigenvalue weighted by Gasteiger charge is -2.44. The zero-order valence-corrected chi connectivity index (χ0v) is 47.5. The van der Waals surface area contributed by atoms with Crippen molar-refractivity contribution < 1.29 is 81.9 Å². The summed E-state index contributed by atoms with van der Waals surface area (Å²) in [4.78, 5) is 51.5. The van der Waals surface area contributed by atoms with E-state index in [1.54, 1.807) is 27.7 Å². The number of Topliss-reactive ketones (excluding diaryl/α,β-unsaturated/α-hetero) is 1. The molecule has 0 bridgehead atoms. The molecule has 4 saturated heterocycles. The van der Waals surface area contributed by atoms with E-state index >= 15 is 4.79 Å². The number of carbonyl (C=O) groups is 3. The van der Waals surface area contributed by atoms with Gasteiger partial charge in [0.2, 0.25) is 0 Å². The number of esters is 2. The second kappa shape index (κ2) is 28.1. The molecule has 3 N–H and O–H groups in total. The fourth-order valence-corrected chi connectivity index (χ4v) is 11.6. The van der Waals surface area contributed by atoms with Crippen LogP contribution in [0.1, 0.15) is 121 Å². The maximum absolute atomic E-state index is 15.3. The number of ketones is 1. The van der Waals surface area contributed by atoms with Crippen molar-refractivity contribution in [3.8, 4) is 0 Å². The summed E-state index contributed by atoms with van der Waals surface area (Å²) < 4.78 is 63.8. The minimum Gasteiger partial charge on any atom is -0.461 e. The third kappa shape index (κ3) is 16.2. The van der Waals surface area contributed by atoms with Gasteiger partial charge >= 0.3 is 11.9 Å². The molecule has 1 aromatic carbocycles. The Bertz CT molecular complexity index is 1980. The molecule has 4 aliphatic rings. The van der Waals surface area contributed by atoms with E-state index in [4.69, 9.17) is 52.2 Å². The van der Waals surface area contributed by atoms with Gasteiger partial charge in [-0.25, -0.2) is 0 Å². The van der Waals surface area contributed by atoms with Gasteiger partial charge in [-0.3, -0.25) is 19.3 Å². The smallest absolute Gasteiger partial charge is 0.311 e. The fraction of sp³-hybridized carbons (Fsp3) is 0.821. The maximum atomic E-state index is 15.3. The largest absolute Gasteiger partial charge is 0.461 e. The van der Waals surface area contributed by atoms with Crippen LogP contribution in [-0.4, -0.2) is 176 Å². The number of oxime groups is 1. The van der Waals surface area contributed by atoms with E-state index in [2.05, 4.69) is 29.1 Å². The Morgan fingerprint density at radius 1 is 0.813 bits per heavy atom. The summed E-state index contributed by atoms with van der Waals surface area (Å²) in [5.74, 6) is -6.96. The Balaban J connectivity index is 1.62. The number of carbonyl (C=O) groups excluding carboxylic acids is 3. The molecule has 1 unspecified atom stereocenters. The van der Waals surface area contributed by atoms with Gasteiger partial charge in [-0.1, -0.05) is 84.0 Å². The molecule has 4 fully saturated rings. The van der Waals surface area contributed by atoms with Gasteiger partial charge in [0.15, 0.2) is 24.7 Å². The molecule has 1 aromatic rings. The van der Waals surface area contributed by atoms with Crippen LogP contribution in [0.3, 0.4) is 0 Å². The molecule has 0 amide bonds. The number of ether oxygens (including phenoxy) is 10. The molecule has 0 spiro atoms. The highest BCUT2D eigenvalue weighted by molar-refractivity contribution is 5.90. The first-order valence-corrected chi connectivity index (χ1v) is 27.2. The van der Waals surface area contributed by atoms with Crippen LogP contribution in [0.15, 0.2) is 35.5 Å². The predicted octanol–water partition coefficient (Wildman–Crippen LogP) is 5.84. The van der Waals surface area contributed by atoms with Crippen LogP contribution in [0.25, 0.3) is 0 Å². The van der Waals surface area contributed by atoms with E-state index < -0.39 is 139 Å². The molecule has 22 atom stereocenters. The molecular weight excluding hydrogens is 973 g/mol. The highest BCUT2D eigenvalue weighted by Gasteiger charge is 2.51. The van der Waals surface area contributed by atoms with Crippen molar-refractivity contribution in [2.75, 3.05) is 34.5 Å². The Labute approximate surface area is 445 Å². The lowest BCUT2D eigenvalue weighted by Crippen LogP contribution is -2.59. The average Bonchev–Trinajstić information content (AvgIpc) is 3.48. The molecular formula is C56H92N2O17. The van der Waals surface area contributed by atoms with E-state index in [-0.39, 0.29) is 43.9 Å². The lowest BCUT2D eigenvalue weighted by molar-refractivity contribution is -0.305. The van der Waals surface area contributed by atoms with Gasteiger partial charge < -0.3 is 67.5 Å². The van der Waals surface area contributed by atoms with Crippen molar-refractivity contribution in [2.45, 2.75) is 220 Å². The SMILES string of the molecule is CO/N=C1\C[C@@H](C)O[C@@H](O[C@@H]2[C@@H](C)[C@H](O[C@H]3CC(C)N(Cc4ccccc4)C[C@H](C)O3)[C@@H](C)C(=O)O[C@H]([C@@H](C)CO[C@@H]3O[C@H](C)[C@@H](O)[C@@H](OC)[C@H]3OC)[C@H](C)[C@@H](OC(=O)CC(C)C)[C@@H](C)C(=O)[C@@](C)(O)C[C@@H]2C)[C@@H]1O. The van der Waals surface area contributed by atoms with E-state index in [1.807, 2.05) is 66.7 Å². The Morgan fingerprint density at radius 3 is 2.11 bits per heavy atom. The van der Waals surface area contributed by atoms with E-state index in [1.165, 1.54) is 28.3 Å². The lowest BCUT2D eigenvalue weighted by atomic mass is 9.74. The predicted molar refractivity (Wildman–Crippen MR) is 277 cm³/mol. The number of cyclic esters (lactones) is 1. The Morgan fingerprint density at radius 2 is 1.48 bits per heavy atom. The van der Waals surface area contributed by atoms with Crippen molar-refractivity contribution in [3.05, 3.63) is 35.9 Å². The maximum Gasteiger partial charge on any atom is 0.311 e. The first kappa shape index (κ1) is 62.7. The monoisotopic (exact) mass is 1060 g/mol. The van der Waals surface area contributed by atoms with Crippen LogP contribution >= 0.6 is 0 Å². The number of methoxy groups -OCH3 is 2. The zero-order chi connectivity index (χ0) is 55.6. The molecule has 75 heavy (non-hydrogen) atoms. The fourth-order valence-electron chi connectivity index (χ4n) is 11.6. The average molecular weight is 1070 g/mol. The Kier molecular flexibility index (Phi) is 23.5. The Hall–Kier alpha value is -3.18. The summed E-state index contributed by atoms with van der Waals surface area (Å²) in [5.41, 5.74) is -0.558. The van der Waals surface area contributed by atoms with Crippen molar-refractivity contribution in [3.63, 3.8) is 0 Å². The van der Waals surface area contributed by atoms with Crippen molar-refractivity contribution in [1.29, 1.82) is 0 Å². The number of hydrogen-bond donors (Lipinski definition) is 3. The highest BCUT2D eigenvalue weighted by atomic mass is 16.7. The molecule has 0 aliphatic carbocycles. The number of benzene rings is 1. The molecule has 0 radical (unpaired) electrons. The number of nitrogens with zero attached hydrogens (tertiary/aromatic N) is 2. The summed E-state index contributed by atoms with van der Waals surface area (Å²) >= 11 is 0. The standard InChI is InChI=1S/C56H92N2O17/c1-29(2)22-42(59)72-48-36(9)47(31(4)28-68-55-51(66-15)50(65-14)44(60)39(12)71-55)74-53(63)38(11)49(73-43-23-32(5)58(26-34(7)69-43)27-40-20-18-17-19-21-40)35(8)46(30(3)25-56(13,64)52(62)37(48)10)75-54-45(61)41(57-67-16)24-33(6)70-54/h17-21,29-39,43-51,54-55,60-61,64H,22-28H2,1-16H3/b57-41+/t30-,31-,32?,33+,34-,35+,36-,37+,38+,39+,43-,44+,45+,46-,47+,48+,49-,50+,51+,54-,55+,56-/m0/s1. The number of aliphatic hydroxyl groups is 3. The normalized spacial score (nSPS) is 41.1. The van der Waals surface area contributed by atoms with E-state index in [0.717, 1.165) is 5.56 Å². The van der Waals surface area contributed by atoms with Crippen molar-refractivity contribution in [1.82, 2.24) is 4.90 Å².